The predicted octanol–water partition coefficient (Wildman–Crippen LogP) is 5.95. The van der Waals surface area contributed by atoms with Crippen molar-refractivity contribution in [3.05, 3.63) is 58.6 Å². The van der Waals surface area contributed by atoms with Gasteiger partial charge >= 0.3 is 0 Å². The first-order valence-corrected chi connectivity index (χ1v) is 16.0. The van der Waals surface area contributed by atoms with Gasteiger partial charge < -0.3 is 24.4 Å². The molecule has 222 valence electrons. The third-order valence-corrected chi connectivity index (χ3v) is 9.95. The number of likely N-dealkylation sites (tertiary alicyclic amines) is 2. The molecule has 0 spiro atoms. The van der Waals surface area contributed by atoms with E-state index in [9.17, 15) is 5.11 Å². The number of nitrogens with zero attached hydrogens (tertiary/aromatic N) is 4. The van der Waals surface area contributed by atoms with E-state index < -0.39 is 6.35 Å². The van der Waals surface area contributed by atoms with Gasteiger partial charge in [-0.2, -0.15) is 0 Å². The van der Waals surface area contributed by atoms with Crippen molar-refractivity contribution in [2.75, 3.05) is 39.9 Å². The van der Waals surface area contributed by atoms with Crippen molar-refractivity contribution in [2.24, 2.45) is 10.9 Å². The van der Waals surface area contributed by atoms with E-state index in [1.165, 1.54) is 38.8 Å². The van der Waals surface area contributed by atoms with E-state index in [0.29, 0.717) is 18.6 Å². The molecule has 0 amide bonds. The Bertz CT molecular complexity index is 1190. The summed E-state index contributed by atoms with van der Waals surface area (Å²) in [5.74, 6) is 2.76. The van der Waals surface area contributed by atoms with Crippen molar-refractivity contribution in [3.63, 3.8) is 0 Å². The fourth-order valence-corrected chi connectivity index (χ4v) is 7.70. The van der Waals surface area contributed by atoms with E-state index >= 15 is 0 Å². The van der Waals surface area contributed by atoms with E-state index in [1.54, 1.807) is 7.11 Å². The summed E-state index contributed by atoms with van der Waals surface area (Å²) in [5, 5.41) is 13.0. The van der Waals surface area contributed by atoms with Crippen LogP contribution in [0.15, 0.2) is 47.5 Å². The number of rotatable bonds is 9. The molecule has 0 radical (unpaired) electrons. The fraction of sp³-hybridized carbons (Fsp3) is 0.606. The van der Waals surface area contributed by atoms with Crippen LogP contribution in [-0.2, 0) is 0 Å². The van der Waals surface area contributed by atoms with E-state index in [1.807, 2.05) is 37.3 Å². The monoisotopic (exact) mass is 580 g/mol. The van der Waals surface area contributed by atoms with Crippen LogP contribution in [0.1, 0.15) is 75.5 Å². The van der Waals surface area contributed by atoms with Crippen LogP contribution in [0, 0.1) is 5.92 Å². The molecule has 2 aromatic rings. The maximum absolute atomic E-state index is 12.3. The number of aliphatic imine (C=N–C) groups is 1. The summed E-state index contributed by atoms with van der Waals surface area (Å²) in [7, 11) is 1.67. The van der Waals surface area contributed by atoms with Crippen LogP contribution >= 0.6 is 11.6 Å². The number of methoxy groups -OCH3 is 1. The van der Waals surface area contributed by atoms with Crippen LogP contribution in [0.3, 0.4) is 0 Å². The number of hydrogen-bond acceptors (Lipinski definition) is 7. The van der Waals surface area contributed by atoms with Crippen LogP contribution < -0.4 is 9.47 Å². The molecule has 0 bridgehead atoms. The van der Waals surface area contributed by atoms with Crippen molar-refractivity contribution in [3.8, 4) is 11.5 Å². The van der Waals surface area contributed by atoms with Gasteiger partial charge in [-0.05, 0) is 94.3 Å². The summed E-state index contributed by atoms with van der Waals surface area (Å²) in [4.78, 5) is 12.6. The molecule has 8 heteroatoms. The molecular formula is C33H45ClN4O3. The Morgan fingerprint density at radius 3 is 2.32 bits per heavy atom. The third kappa shape index (κ3) is 5.96. The lowest BCUT2D eigenvalue weighted by molar-refractivity contribution is -0.108. The van der Waals surface area contributed by atoms with Gasteiger partial charge in [0.15, 0.2) is 6.35 Å². The minimum Gasteiger partial charge on any atom is -0.497 e. The zero-order valence-electron chi connectivity index (χ0n) is 24.6. The van der Waals surface area contributed by atoms with Crippen LogP contribution in [0.25, 0.3) is 0 Å². The lowest BCUT2D eigenvalue weighted by Gasteiger charge is -2.44. The minimum absolute atomic E-state index is 0.0436. The summed E-state index contributed by atoms with van der Waals surface area (Å²) in [6, 6.07) is 14.7. The molecule has 7 nitrogen and oxygen atoms in total. The lowest BCUT2D eigenvalue weighted by Crippen LogP contribution is -2.55. The number of aliphatic hydroxyl groups is 1. The number of aliphatic hydroxyl groups excluding tert-OH is 1. The van der Waals surface area contributed by atoms with Gasteiger partial charge in [0.1, 0.15) is 17.3 Å². The molecule has 0 aromatic heterocycles. The number of benzene rings is 2. The molecule has 41 heavy (non-hydrogen) atoms. The zero-order valence-corrected chi connectivity index (χ0v) is 25.3. The topological polar surface area (TPSA) is 60.8 Å². The van der Waals surface area contributed by atoms with Gasteiger partial charge in [0, 0.05) is 30.2 Å². The standard InChI is InChI=1S/C33H45ClN4O3/c1-3-41-29-22-27(40-2)14-15-28(29)32-35-30(23-8-4-5-9-23)31(24-10-12-25(34)13-11-24)38(32)33(39)37-20-16-26(17-21-37)36-18-6-7-19-36/h10-15,22-23,26,30-31,33,39H,3-9,16-21H2,1-2H3/t30-,31+,33?/m1/s1. The molecule has 3 aliphatic heterocycles. The molecule has 6 rings (SSSR count). The van der Waals surface area contributed by atoms with E-state index in [4.69, 9.17) is 26.1 Å². The number of amidine groups is 1. The van der Waals surface area contributed by atoms with Crippen molar-refractivity contribution < 1.29 is 14.6 Å². The number of ether oxygens (including phenoxy) is 2. The Hall–Kier alpha value is -2.32. The van der Waals surface area contributed by atoms with E-state index in [0.717, 1.165) is 72.3 Å². The second-order valence-electron chi connectivity index (χ2n) is 12.0. The molecule has 3 fully saturated rings. The first kappa shape index (κ1) is 28.8. The highest BCUT2D eigenvalue weighted by Crippen LogP contribution is 2.45. The Morgan fingerprint density at radius 2 is 1.66 bits per heavy atom. The average molecular weight is 581 g/mol. The van der Waals surface area contributed by atoms with Gasteiger partial charge in [0.05, 0.1) is 31.4 Å². The first-order chi connectivity index (χ1) is 20.1. The van der Waals surface area contributed by atoms with Crippen LogP contribution in [0.4, 0.5) is 0 Å². The zero-order chi connectivity index (χ0) is 28.3. The Kier molecular flexibility index (Phi) is 9.06. The molecule has 1 N–H and O–H groups in total. The number of hydrogen-bond donors (Lipinski definition) is 1. The molecular weight excluding hydrogens is 536 g/mol. The Labute approximate surface area is 250 Å². The molecule has 2 aromatic carbocycles. The lowest BCUT2D eigenvalue weighted by atomic mass is 9.88. The van der Waals surface area contributed by atoms with Crippen LogP contribution in [-0.4, -0.2) is 84.0 Å². The normalized spacial score (nSPS) is 25.6. The Balaban J connectivity index is 1.38. The number of halogens is 1. The predicted molar refractivity (Wildman–Crippen MR) is 164 cm³/mol. The van der Waals surface area contributed by atoms with Crippen molar-refractivity contribution in [1.82, 2.24) is 14.7 Å². The highest BCUT2D eigenvalue weighted by atomic mass is 35.5. The van der Waals surface area contributed by atoms with Gasteiger partial charge in [-0.1, -0.05) is 36.6 Å². The number of piperidine rings is 1. The van der Waals surface area contributed by atoms with Gasteiger partial charge in [-0.3, -0.25) is 9.89 Å². The molecule has 3 atom stereocenters. The van der Waals surface area contributed by atoms with Crippen molar-refractivity contribution in [2.45, 2.75) is 82.8 Å². The largest absolute Gasteiger partial charge is 0.497 e. The quantitative estimate of drug-likeness (QED) is 0.396. The molecule has 1 aliphatic carbocycles. The van der Waals surface area contributed by atoms with Gasteiger partial charge in [-0.25, -0.2) is 0 Å². The summed E-state index contributed by atoms with van der Waals surface area (Å²) in [6.07, 6.45) is 8.80. The van der Waals surface area contributed by atoms with Crippen molar-refractivity contribution in [1.29, 1.82) is 0 Å². The van der Waals surface area contributed by atoms with Gasteiger partial charge in [0.2, 0.25) is 0 Å². The van der Waals surface area contributed by atoms with Gasteiger partial charge in [-0.15, -0.1) is 0 Å². The Morgan fingerprint density at radius 1 is 0.951 bits per heavy atom. The minimum atomic E-state index is -0.795. The summed E-state index contributed by atoms with van der Waals surface area (Å²) >= 11 is 6.35. The summed E-state index contributed by atoms with van der Waals surface area (Å²) < 4.78 is 11.7. The average Bonchev–Trinajstić information content (AvgIpc) is 3.79. The fourth-order valence-electron chi connectivity index (χ4n) is 7.57. The highest BCUT2D eigenvalue weighted by Gasteiger charge is 2.47. The molecule has 2 saturated heterocycles. The third-order valence-electron chi connectivity index (χ3n) is 9.69. The van der Waals surface area contributed by atoms with E-state index in [2.05, 4.69) is 26.8 Å². The molecule has 3 heterocycles. The van der Waals surface area contributed by atoms with Crippen molar-refractivity contribution >= 4 is 17.4 Å². The second-order valence-corrected chi connectivity index (χ2v) is 12.5. The maximum atomic E-state index is 12.3. The summed E-state index contributed by atoms with van der Waals surface area (Å²) in [6.45, 7) is 6.70. The highest BCUT2D eigenvalue weighted by molar-refractivity contribution is 6.30. The smallest absolute Gasteiger partial charge is 0.188 e. The molecule has 1 saturated carbocycles. The van der Waals surface area contributed by atoms with Gasteiger partial charge in [0.25, 0.3) is 0 Å². The van der Waals surface area contributed by atoms with E-state index in [-0.39, 0.29) is 12.1 Å². The summed E-state index contributed by atoms with van der Waals surface area (Å²) in [5.41, 5.74) is 2.04. The maximum Gasteiger partial charge on any atom is 0.188 e. The molecule has 4 aliphatic rings. The molecule has 1 unspecified atom stereocenters. The first-order valence-electron chi connectivity index (χ1n) is 15.7. The van der Waals surface area contributed by atoms with Crippen LogP contribution in [0.2, 0.25) is 5.02 Å². The SMILES string of the molecule is CCOc1cc(OC)ccc1C1=N[C@H](C2CCCC2)[C@H](c2ccc(Cl)cc2)N1C(O)N1CCC(N2CCCC2)CC1. The second kappa shape index (κ2) is 12.9. The van der Waals surface area contributed by atoms with Crippen LogP contribution in [0.5, 0.6) is 11.5 Å².